The number of amides is 2. The Kier molecular flexibility index (Phi) is 5.44. The topological polar surface area (TPSA) is 123 Å². The maximum atomic E-state index is 12.8. The molecule has 1 aliphatic heterocycles. The number of carbonyl (C=O) groups is 2. The summed E-state index contributed by atoms with van der Waals surface area (Å²) >= 11 is 0. The Balaban J connectivity index is 1.38. The minimum Gasteiger partial charge on any atom is -0.339 e. The van der Waals surface area contributed by atoms with Gasteiger partial charge in [0.15, 0.2) is 0 Å². The maximum Gasteiger partial charge on any atom is 0.270 e. The summed E-state index contributed by atoms with van der Waals surface area (Å²) < 4.78 is 4.97. The van der Waals surface area contributed by atoms with Gasteiger partial charge in [-0.05, 0) is 18.2 Å². The van der Waals surface area contributed by atoms with Crippen LogP contribution in [-0.2, 0) is 0 Å². The molecule has 1 aliphatic rings. The van der Waals surface area contributed by atoms with E-state index in [9.17, 15) is 19.7 Å². The lowest BCUT2D eigenvalue weighted by Gasteiger charge is -2.34. The van der Waals surface area contributed by atoms with Crippen LogP contribution in [0.4, 0.5) is 5.69 Å². The van der Waals surface area contributed by atoms with Crippen LogP contribution in [0.1, 0.15) is 26.6 Å². The van der Waals surface area contributed by atoms with Gasteiger partial charge in [0.1, 0.15) is 0 Å². The molecule has 4 rings (SSSR count). The monoisotopic (exact) mass is 421 g/mol. The molecule has 0 atom stereocenters. The molecule has 3 aromatic rings. The van der Waals surface area contributed by atoms with Crippen LogP contribution in [0.25, 0.3) is 11.4 Å². The average Bonchev–Trinajstić information content (AvgIpc) is 3.24. The third-order valence-electron chi connectivity index (χ3n) is 5.08. The minimum absolute atomic E-state index is 0.126. The second kappa shape index (κ2) is 8.34. The van der Waals surface area contributed by atoms with Gasteiger partial charge in [0.05, 0.1) is 4.92 Å². The fraction of sp³-hybridized carbons (Fsp3) is 0.238. The molecule has 158 valence electrons. The number of carbonyl (C=O) groups excluding carboxylic acids is 2. The fourth-order valence-corrected chi connectivity index (χ4v) is 3.41. The second-order valence-corrected chi connectivity index (χ2v) is 7.11. The molecule has 2 amide bonds. The molecule has 0 saturated carbocycles. The van der Waals surface area contributed by atoms with Gasteiger partial charge in [0.25, 0.3) is 17.5 Å². The van der Waals surface area contributed by atoms with Crippen molar-refractivity contribution in [3.8, 4) is 11.4 Å². The third-order valence-corrected chi connectivity index (χ3v) is 5.08. The number of rotatable bonds is 4. The number of nitro groups is 1. The summed E-state index contributed by atoms with van der Waals surface area (Å²) in [6, 6.07) is 12.6. The quantitative estimate of drug-likeness (QED) is 0.468. The number of non-ortho nitro benzene ring substituents is 1. The molecule has 0 aliphatic carbocycles. The van der Waals surface area contributed by atoms with Crippen LogP contribution in [0.2, 0.25) is 0 Å². The summed E-state index contributed by atoms with van der Waals surface area (Å²) in [6.45, 7) is 3.18. The van der Waals surface area contributed by atoms with E-state index >= 15 is 0 Å². The molecular formula is C21H19N5O5. The first-order chi connectivity index (χ1) is 14.9. The van der Waals surface area contributed by atoms with Crippen molar-refractivity contribution >= 4 is 17.5 Å². The van der Waals surface area contributed by atoms with Crippen molar-refractivity contribution in [1.29, 1.82) is 0 Å². The number of piperazine rings is 1. The van der Waals surface area contributed by atoms with E-state index in [1.165, 1.54) is 18.2 Å². The highest BCUT2D eigenvalue weighted by molar-refractivity contribution is 5.96. The van der Waals surface area contributed by atoms with Crippen molar-refractivity contribution in [2.45, 2.75) is 6.92 Å². The zero-order valence-corrected chi connectivity index (χ0v) is 16.7. The Hall–Kier alpha value is -4.08. The van der Waals surface area contributed by atoms with E-state index in [0.717, 1.165) is 5.56 Å². The number of benzene rings is 2. The van der Waals surface area contributed by atoms with E-state index in [-0.39, 0.29) is 23.1 Å². The first-order valence-corrected chi connectivity index (χ1v) is 9.66. The van der Waals surface area contributed by atoms with E-state index in [4.69, 9.17) is 4.52 Å². The molecule has 0 bridgehead atoms. The summed E-state index contributed by atoms with van der Waals surface area (Å²) in [5.74, 6) is 0.520. The van der Waals surface area contributed by atoms with E-state index in [1.54, 1.807) is 47.1 Å². The van der Waals surface area contributed by atoms with Crippen molar-refractivity contribution in [2.24, 2.45) is 0 Å². The molecule has 2 aromatic carbocycles. The zero-order valence-electron chi connectivity index (χ0n) is 16.7. The summed E-state index contributed by atoms with van der Waals surface area (Å²) in [6.07, 6.45) is 0. The van der Waals surface area contributed by atoms with Crippen molar-refractivity contribution in [3.63, 3.8) is 0 Å². The van der Waals surface area contributed by atoms with Gasteiger partial charge in [-0.1, -0.05) is 23.4 Å². The van der Waals surface area contributed by atoms with Gasteiger partial charge in [-0.3, -0.25) is 19.7 Å². The van der Waals surface area contributed by atoms with Crippen LogP contribution in [0.15, 0.2) is 53.1 Å². The zero-order chi connectivity index (χ0) is 22.0. The molecule has 10 heteroatoms. The highest BCUT2D eigenvalue weighted by Gasteiger charge is 2.26. The highest BCUT2D eigenvalue weighted by Crippen LogP contribution is 2.19. The normalized spacial score (nSPS) is 13.8. The number of nitro benzene ring substituents is 1. The molecule has 31 heavy (non-hydrogen) atoms. The molecule has 0 radical (unpaired) electrons. The number of hydrogen-bond donors (Lipinski definition) is 0. The van der Waals surface area contributed by atoms with E-state index < -0.39 is 4.92 Å². The van der Waals surface area contributed by atoms with Gasteiger partial charge in [-0.25, -0.2) is 0 Å². The van der Waals surface area contributed by atoms with Crippen molar-refractivity contribution in [3.05, 3.63) is 75.7 Å². The van der Waals surface area contributed by atoms with Crippen LogP contribution in [0.3, 0.4) is 0 Å². The predicted octanol–water partition coefficient (Wildman–Crippen LogP) is 2.55. The van der Waals surface area contributed by atoms with Gasteiger partial charge in [0.2, 0.25) is 11.7 Å². The van der Waals surface area contributed by atoms with E-state index in [2.05, 4.69) is 10.1 Å². The highest BCUT2D eigenvalue weighted by atomic mass is 16.6. The lowest BCUT2D eigenvalue weighted by Crippen LogP contribution is -2.50. The lowest BCUT2D eigenvalue weighted by molar-refractivity contribution is -0.384. The largest absolute Gasteiger partial charge is 0.339 e. The summed E-state index contributed by atoms with van der Waals surface area (Å²) in [5, 5.41) is 14.8. The van der Waals surface area contributed by atoms with Gasteiger partial charge in [-0.2, -0.15) is 4.98 Å². The Bertz CT molecular complexity index is 1130. The van der Waals surface area contributed by atoms with Gasteiger partial charge < -0.3 is 14.3 Å². The molecule has 0 spiro atoms. The molecule has 1 aromatic heterocycles. The molecular weight excluding hydrogens is 402 g/mol. The van der Waals surface area contributed by atoms with Crippen molar-refractivity contribution in [1.82, 2.24) is 19.9 Å². The van der Waals surface area contributed by atoms with Crippen LogP contribution in [0, 0.1) is 17.0 Å². The Labute approximate surface area is 177 Å². The molecule has 0 N–H and O–H groups in total. The molecule has 0 unspecified atom stereocenters. The van der Waals surface area contributed by atoms with E-state index in [1.807, 2.05) is 0 Å². The summed E-state index contributed by atoms with van der Waals surface area (Å²) in [5.41, 5.74) is 1.42. The standard InChI is InChI=1S/C21H19N5O5/c1-14-22-19(23-31-14)15-5-7-16(8-6-15)20(27)24-9-11-25(12-10-24)21(28)17-3-2-4-18(13-17)26(29)30/h2-8,13H,9-12H2,1H3. The Morgan fingerprint density at radius 2 is 1.58 bits per heavy atom. The van der Waals surface area contributed by atoms with E-state index in [0.29, 0.717) is 43.5 Å². The molecule has 1 fully saturated rings. The molecule has 10 nitrogen and oxygen atoms in total. The van der Waals surface area contributed by atoms with Crippen molar-refractivity contribution < 1.29 is 19.0 Å². The lowest BCUT2D eigenvalue weighted by atomic mass is 10.1. The molecule has 1 saturated heterocycles. The number of hydrogen-bond acceptors (Lipinski definition) is 7. The summed E-state index contributed by atoms with van der Waals surface area (Å²) in [7, 11) is 0. The Morgan fingerprint density at radius 3 is 2.13 bits per heavy atom. The van der Waals surface area contributed by atoms with Gasteiger partial charge in [0, 0.05) is 61.9 Å². The number of aromatic nitrogens is 2. The molecule has 2 heterocycles. The smallest absolute Gasteiger partial charge is 0.270 e. The van der Waals surface area contributed by atoms with Crippen molar-refractivity contribution in [2.75, 3.05) is 26.2 Å². The first-order valence-electron chi connectivity index (χ1n) is 9.66. The average molecular weight is 421 g/mol. The van der Waals surface area contributed by atoms with Crippen LogP contribution in [0.5, 0.6) is 0 Å². The first kappa shape index (κ1) is 20.2. The third kappa shape index (κ3) is 4.27. The van der Waals surface area contributed by atoms with Crippen LogP contribution < -0.4 is 0 Å². The number of aryl methyl sites for hydroxylation is 1. The maximum absolute atomic E-state index is 12.8. The minimum atomic E-state index is -0.529. The fourth-order valence-electron chi connectivity index (χ4n) is 3.41. The Morgan fingerprint density at radius 1 is 0.968 bits per heavy atom. The van der Waals surface area contributed by atoms with Gasteiger partial charge >= 0.3 is 0 Å². The SMILES string of the molecule is Cc1nc(-c2ccc(C(=O)N3CCN(C(=O)c4cccc([N+](=O)[O-])c4)CC3)cc2)no1. The van der Waals surface area contributed by atoms with Crippen LogP contribution >= 0.6 is 0 Å². The number of nitrogens with zero attached hydrogens (tertiary/aromatic N) is 5. The van der Waals surface area contributed by atoms with Crippen LogP contribution in [-0.4, -0.2) is 62.9 Å². The second-order valence-electron chi connectivity index (χ2n) is 7.11. The van der Waals surface area contributed by atoms with Gasteiger partial charge in [-0.15, -0.1) is 0 Å². The predicted molar refractivity (Wildman–Crippen MR) is 109 cm³/mol. The summed E-state index contributed by atoms with van der Waals surface area (Å²) in [4.78, 5) is 43.3.